The topological polar surface area (TPSA) is 122 Å². The molecule has 0 spiro atoms. The summed E-state index contributed by atoms with van der Waals surface area (Å²) in [6.45, 7) is 8.85. The zero-order valence-corrected chi connectivity index (χ0v) is 21.7. The van der Waals surface area contributed by atoms with Crippen LogP contribution in [-0.2, 0) is 10.0 Å². The first-order valence-electron chi connectivity index (χ1n) is 11.1. The van der Waals surface area contributed by atoms with Gasteiger partial charge >= 0.3 is 0 Å². The molecular formula is C21H34ClFN6O2S2. The third-order valence-corrected chi connectivity index (χ3v) is 7.63. The monoisotopic (exact) mass is 520 g/mol. The second-order valence-electron chi connectivity index (χ2n) is 8.54. The highest BCUT2D eigenvalue weighted by Crippen LogP contribution is 2.29. The molecule has 0 radical (unpaired) electrons. The first kappa shape index (κ1) is 27.7. The highest BCUT2D eigenvalue weighted by atomic mass is 35.5. The Kier molecular flexibility index (Phi) is 11.2. The summed E-state index contributed by atoms with van der Waals surface area (Å²) in [5.41, 5.74) is 6.46. The number of halogens is 2. The summed E-state index contributed by atoms with van der Waals surface area (Å²) < 4.78 is 45.2. The lowest BCUT2D eigenvalue weighted by molar-refractivity contribution is 0.355. The van der Waals surface area contributed by atoms with Crippen LogP contribution in [0.4, 0.5) is 15.2 Å². The Morgan fingerprint density at radius 1 is 1.18 bits per heavy atom. The molecule has 0 aliphatic heterocycles. The van der Waals surface area contributed by atoms with Gasteiger partial charge in [-0.3, -0.25) is 4.72 Å². The van der Waals surface area contributed by atoms with E-state index in [1.54, 1.807) is 0 Å². The Morgan fingerprint density at radius 2 is 1.91 bits per heavy atom. The molecule has 0 saturated carbocycles. The van der Waals surface area contributed by atoms with Crippen LogP contribution in [0.25, 0.3) is 0 Å². The fraction of sp³-hybridized carbons (Fsp3) is 0.619. The van der Waals surface area contributed by atoms with Gasteiger partial charge < -0.3 is 16.4 Å². The normalized spacial score (nSPS) is 13.8. The van der Waals surface area contributed by atoms with E-state index in [-0.39, 0.29) is 16.2 Å². The number of hydrogen-bond acceptors (Lipinski definition) is 8. The summed E-state index contributed by atoms with van der Waals surface area (Å²) in [5.74, 6) is 0.238. The number of benzene rings is 1. The van der Waals surface area contributed by atoms with Crippen molar-refractivity contribution >= 4 is 44.0 Å². The molecule has 33 heavy (non-hydrogen) atoms. The molecule has 2 rings (SSSR count). The van der Waals surface area contributed by atoms with Gasteiger partial charge in [-0.2, -0.15) is 4.37 Å². The van der Waals surface area contributed by atoms with Crippen LogP contribution in [0.2, 0.25) is 5.02 Å². The van der Waals surface area contributed by atoms with Crippen molar-refractivity contribution in [3.63, 3.8) is 0 Å². The average molecular weight is 521 g/mol. The molecule has 0 amide bonds. The number of nitrogens with one attached hydrogen (secondary N) is 3. The minimum atomic E-state index is -4.16. The molecule has 0 aliphatic rings. The Hall–Kier alpha value is -1.53. The van der Waals surface area contributed by atoms with Crippen LogP contribution in [-0.4, -0.2) is 43.5 Å². The van der Waals surface area contributed by atoms with E-state index in [4.69, 9.17) is 17.3 Å². The molecule has 2 atom stereocenters. The van der Waals surface area contributed by atoms with Gasteiger partial charge in [0, 0.05) is 24.1 Å². The summed E-state index contributed by atoms with van der Waals surface area (Å²) in [5, 5.41) is 6.72. The largest absolute Gasteiger partial charge is 0.384 e. The number of sulfonamides is 1. The molecule has 0 fully saturated rings. The second-order valence-corrected chi connectivity index (χ2v) is 11.4. The fourth-order valence-electron chi connectivity index (χ4n) is 3.24. The number of nitrogens with zero attached hydrogens (tertiary/aromatic N) is 2. The number of rotatable bonds is 15. The zero-order valence-electron chi connectivity index (χ0n) is 19.3. The third kappa shape index (κ3) is 9.32. The number of nitrogens with two attached hydrogens (primary N) is 1. The lowest BCUT2D eigenvalue weighted by Gasteiger charge is -2.22. The first-order valence-corrected chi connectivity index (χ1v) is 13.7. The molecule has 2 aromatic rings. The highest BCUT2D eigenvalue weighted by molar-refractivity contribution is 7.93. The predicted molar refractivity (Wildman–Crippen MR) is 134 cm³/mol. The molecule has 0 saturated heterocycles. The van der Waals surface area contributed by atoms with Crippen molar-refractivity contribution in [2.45, 2.75) is 57.4 Å². The van der Waals surface area contributed by atoms with Gasteiger partial charge in [0.05, 0.1) is 10.7 Å². The van der Waals surface area contributed by atoms with E-state index in [1.165, 1.54) is 12.7 Å². The molecule has 0 aliphatic carbocycles. The number of anilines is 2. The van der Waals surface area contributed by atoms with Crippen molar-refractivity contribution in [1.29, 1.82) is 0 Å². The lowest BCUT2D eigenvalue weighted by Crippen LogP contribution is -2.35. The fourth-order valence-corrected chi connectivity index (χ4v) is 5.28. The maximum absolute atomic E-state index is 14.5. The molecule has 186 valence electrons. The molecule has 0 unspecified atom stereocenters. The van der Waals surface area contributed by atoms with E-state index >= 15 is 0 Å². The van der Waals surface area contributed by atoms with Crippen LogP contribution < -0.4 is 21.1 Å². The maximum atomic E-state index is 14.5. The third-order valence-electron chi connectivity index (χ3n) is 5.25. The van der Waals surface area contributed by atoms with E-state index < -0.39 is 20.7 Å². The van der Waals surface area contributed by atoms with Gasteiger partial charge in [-0.15, -0.1) is 0 Å². The van der Waals surface area contributed by atoms with Gasteiger partial charge in [0.1, 0.15) is 17.0 Å². The SMILES string of the molecule is CC(C)CC[C@@H](CNCCCCNc1cc(F)c(S(=O)(=O)Nc2ncns2)cc1Cl)[C@@H](C)N. The van der Waals surface area contributed by atoms with Gasteiger partial charge in [0.2, 0.25) is 5.13 Å². The average Bonchev–Trinajstić information content (AvgIpc) is 3.23. The number of aromatic nitrogens is 2. The lowest BCUT2D eigenvalue weighted by atomic mass is 9.92. The van der Waals surface area contributed by atoms with Crippen LogP contribution >= 0.6 is 23.1 Å². The van der Waals surface area contributed by atoms with Gasteiger partial charge in [0.25, 0.3) is 10.0 Å². The van der Waals surface area contributed by atoms with Crippen molar-refractivity contribution in [2.24, 2.45) is 17.6 Å². The maximum Gasteiger partial charge on any atom is 0.266 e. The zero-order chi connectivity index (χ0) is 24.4. The second kappa shape index (κ2) is 13.4. The molecule has 0 bridgehead atoms. The Morgan fingerprint density at radius 3 is 2.55 bits per heavy atom. The van der Waals surface area contributed by atoms with Crippen molar-refractivity contribution < 1.29 is 12.8 Å². The van der Waals surface area contributed by atoms with Crippen LogP contribution in [0, 0.1) is 17.7 Å². The molecule has 12 heteroatoms. The molecule has 1 heterocycles. The van der Waals surface area contributed by atoms with E-state index in [0.717, 1.165) is 56.0 Å². The minimum absolute atomic E-state index is 0.0495. The number of hydrogen-bond donors (Lipinski definition) is 4. The molecule has 1 aromatic heterocycles. The summed E-state index contributed by atoms with van der Waals surface area (Å²) in [6.07, 6.45) is 5.28. The molecule has 5 N–H and O–H groups in total. The van der Waals surface area contributed by atoms with Crippen molar-refractivity contribution in [2.75, 3.05) is 29.7 Å². The standard InChI is InChI=1S/C21H34ClFN6O2S2/c1-14(2)6-7-16(15(3)24)12-25-8-4-5-9-26-19-11-18(23)20(10-17(19)22)33(30,31)29-21-27-13-28-32-21/h10-11,13-16,25-26H,4-9,12,24H2,1-3H3,(H,27,28,29)/t15-,16+/m1/s1. The summed E-state index contributed by atoms with van der Waals surface area (Å²) in [6, 6.07) is 2.35. The Bertz CT molecular complexity index is 958. The quantitative estimate of drug-likeness (QED) is 0.258. The molecule has 1 aromatic carbocycles. The van der Waals surface area contributed by atoms with Gasteiger partial charge in [-0.1, -0.05) is 31.9 Å². The Labute approximate surface area is 205 Å². The van der Waals surface area contributed by atoms with Crippen molar-refractivity contribution in [1.82, 2.24) is 14.7 Å². The first-order chi connectivity index (χ1) is 15.6. The van der Waals surface area contributed by atoms with Crippen LogP contribution in [0.15, 0.2) is 23.4 Å². The van der Waals surface area contributed by atoms with E-state index in [9.17, 15) is 12.8 Å². The van der Waals surface area contributed by atoms with Crippen molar-refractivity contribution in [3.8, 4) is 0 Å². The van der Waals surface area contributed by atoms with Crippen LogP contribution in [0.3, 0.4) is 0 Å². The summed E-state index contributed by atoms with van der Waals surface area (Å²) >= 11 is 7.05. The summed E-state index contributed by atoms with van der Waals surface area (Å²) in [4.78, 5) is 3.20. The molecular weight excluding hydrogens is 487 g/mol. The van der Waals surface area contributed by atoms with Crippen LogP contribution in [0.5, 0.6) is 0 Å². The predicted octanol–water partition coefficient (Wildman–Crippen LogP) is 4.31. The van der Waals surface area contributed by atoms with E-state index in [2.05, 4.69) is 45.5 Å². The van der Waals surface area contributed by atoms with E-state index in [0.29, 0.717) is 24.1 Å². The van der Waals surface area contributed by atoms with Gasteiger partial charge in [-0.05, 0) is 63.2 Å². The highest BCUT2D eigenvalue weighted by Gasteiger charge is 2.22. The van der Waals surface area contributed by atoms with E-state index in [1.807, 2.05) is 0 Å². The summed E-state index contributed by atoms with van der Waals surface area (Å²) in [7, 11) is -4.16. The number of unbranched alkanes of at least 4 members (excludes halogenated alkanes) is 1. The van der Waals surface area contributed by atoms with Crippen molar-refractivity contribution in [3.05, 3.63) is 29.3 Å². The molecule has 8 nitrogen and oxygen atoms in total. The minimum Gasteiger partial charge on any atom is -0.384 e. The van der Waals surface area contributed by atoms with Gasteiger partial charge in [-0.25, -0.2) is 17.8 Å². The van der Waals surface area contributed by atoms with Crippen LogP contribution in [0.1, 0.15) is 46.5 Å². The smallest absolute Gasteiger partial charge is 0.266 e. The van der Waals surface area contributed by atoms with Gasteiger partial charge in [0.15, 0.2) is 0 Å². The Balaban J connectivity index is 1.77.